The Balaban J connectivity index is 2.21. The van der Waals surface area contributed by atoms with Gasteiger partial charge in [0.05, 0.1) is 0 Å². The van der Waals surface area contributed by atoms with Crippen LogP contribution < -0.4 is 10.0 Å². The second-order valence-electron chi connectivity index (χ2n) is 4.86. The number of phenolic OH excluding ortho intramolecular Hbond substituents is 1. The van der Waals surface area contributed by atoms with Crippen LogP contribution in [0.25, 0.3) is 0 Å². The highest BCUT2D eigenvalue weighted by molar-refractivity contribution is 7.89. The van der Waals surface area contributed by atoms with Gasteiger partial charge in [-0.05, 0) is 38.1 Å². The van der Waals surface area contributed by atoms with Gasteiger partial charge in [-0.1, -0.05) is 12.8 Å². The summed E-state index contributed by atoms with van der Waals surface area (Å²) in [6, 6.07) is 4.00. The molecule has 0 aromatic heterocycles. The number of anilines is 1. The summed E-state index contributed by atoms with van der Waals surface area (Å²) in [5, 5.41) is 12.3. The normalized spacial score (nSPS) is 16.2. The molecule has 0 bridgehead atoms. The summed E-state index contributed by atoms with van der Waals surface area (Å²) in [6.07, 6.45) is 3.83. The lowest BCUT2D eigenvalue weighted by molar-refractivity contribution is -0.119. The molecule has 1 amide bonds. The highest BCUT2D eigenvalue weighted by Gasteiger charge is 2.23. The fraction of sp³-hybridized carbons (Fsp3) is 0.462. The molecule has 1 aliphatic carbocycles. The van der Waals surface area contributed by atoms with Crippen molar-refractivity contribution >= 4 is 21.6 Å². The van der Waals surface area contributed by atoms with Crippen LogP contribution in [0.15, 0.2) is 23.1 Å². The van der Waals surface area contributed by atoms with Gasteiger partial charge in [-0.15, -0.1) is 0 Å². The SMILES string of the molecule is CNS(=O)(=O)c1cc(NC(=O)C2CCCC2)ccc1O. The van der Waals surface area contributed by atoms with Gasteiger partial charge in [0.15, 0.2) is 0 Å². The Morgan fingerprint density at radius 1 is 1.30 bits per heavy atom. The molecule has 0 saturated heterocycles. The monoisotopic (exact) mass is 298 g/mol. The molecule has 0 atom stereocenters. The summed E-state index contributed by atoms with van der Waals surface area (Å²) in [4.78, 5) is 11.7. The lowest BCUT2D eigenvalue weighted by Gasteiger charge is -2.12. The molecular weight excluding hydrogens is 280 g/mol. The summed E-state index contributed by atoms with van der Waals surface area (Å²) in [7, 11) is -2.50. The van der Waals surface area contributed by atoms with Crippen molar-refractivity contribution in [3.8, 4) is 5.75 Å². The quantitative estimate of drug-likeness (QED) is 0.733. The van der Waals surface area contributed by atoms with Crippen molar-refractivity contribution in [3.05, 3.63) is 18.2 Å². The lowest BCUT2D eigenvalue weighted by Crippen LogP contribution is -2.21. The maximum atomic E-state index is 12.0. The summed E-state index contributed by atoms with van der Waals surface area (Å²) >= 11 is 0. The molecule has 1 aromatic rings. The first-order valence-electron chi connectivity index (χ1n) is 6.51. The van der Waals surface area contributed by atoms with E-state index in [2.05, 4.69) is 10.0 Å². The number of nitrogens with one attached hydrogen (secondary N) is 2. The van der Waals surface area contributed by atoms with Crippen LogP contribution in [0.3, 0.4) is 0 Å². The van der Waals surface area contributed by atoms with Gasteiger partial charge >= 0.3 is 0 Å². The number of hydrogen-bond donors (Lipinski definition) is 3. The van der Waals surface area contributed by atoms with Gasteiger partial charge in [0.1, 0.15) is 10.6 Å². The van der Waals surface area contributed by atoms with Gasteiger partial charge in [0, 0.05) is 11.6 Å². The molecule has 2 rings (SSSR count). The first kappa shape index (κ1) is 14.8. The topological polar surface area (TPSA) is 95.5 Å². The maximum Gasteiger partial charge on any atom is 0.244 e. The highest BCUT2D eigenvalue weighted by atomic mass is 32.2. The molecule has 0 spiro atoms. The number of rotatable bonds is 4. The minimum absolute atomic E-state index is 0.00633. The Morgan fingerprint density at radius 3 is 2.55 bits per heavy atom. The Bertz CT molecular complexity index is 607. The van der Waals surface area contributed by atoms with E-state index in [0.29, 0.717) is 5.69 Å². The van der Waals surface area contributed by atoms with E-state index in [1.54, 1.807) is 0 Å². The van der Waals surface area contributed by atoms with Crippen LogP contribution in [0.5, 0.6) is 5.75 Å². The molecule has 110 valence electrons. The molecule has 20 heavy (non-hydrogen) atoms. The zero-order valence-corrected chi connectivity index (χ0v) is 12.0. The van der Waals surface area contributed by atoms with Crippen LogP contribution in [0.1, 0.15) is 25.7 Å². The molecule has 1 aliphatic rings. The number of aromatic hydroxyl groups is 1. The fourth-order valence-electron chi connectivity index (χ4n) is 2.35. The van der Waals surface area contributed by atoms with E-state index in [1.165, 1.54) is 25.2 Å². The summed E-state index contributed by atoms with van der Waals surface area (Å²) < 4.78 is 25.6. The van der Waals surface area contributed by atoms with E-state index in [1.807, 2.05) is 0 Å². The minimum atomic E-state index is -3.76. The van der Waals surface area contributed by atoms with Gasteiger partial charge in [0.25, 0.3) is 0 Å². The number of carbonyl (C=O) groups excluding carboxylic acids is 1. The van der Waals surface area contributed by atoms with E-state index < -0.39 is 10.0 Å². The van der Waals surface area contributed by atoms with E-state index in [-0.39, 0.29) is 22.5 Å². The van der Waals surface area contributed by atoms with E-state index in [4.69, 9.17) is 0 Å². The van der Waals surface area contributed by atoms with Crippen molar-refractivity contribution in [2.45, 2.75) is 30.6 Å². The Labute approximate surface area is 118 Å². The molecule has 0 aliphatic heterocycles. The Kier molecular flexibility index (Phi) is 4.29. The third-order valence-corrected chi connectivity index (χ3v) is 4.96. The van der Waals surface area contributed by atoms with Crippen molar-refractivity contribution in [1.29, 1.82) is 0 Å². The average Bonchev–Trinajstić information content (AvgIpc) is 2.95. The molecule has 0 radical (unpaired) electrons. The molecule has 0 heterocycles. The van der Waals surface area contributed by atoms with Crippen LogP contribution in [-0.4, -0.2) is 26.5 Å². The predicted molar refractivity (Wildman–Crippen MR) is 74.9 cm³/mol. The smallest absolute Gasteiger partial charge is 0.244 e. The standard InChI is InChI=1S/C13H18N2O4S/c1-14-20(18,19)12-8-10(6-7-11(12)16)15-13(17)9-4-2-3-5-9/h6-9,14,16H,2-5H2,1H3,(H,15,17). The maximum absolute atomic E-state index is 12.0. The minimum Gasteiger partial charge on any atom is -0.507 e. The number of phenols is 1. The molecular formula is C13H18N2O4S. The molecule has 1 fully saturated rings. The number of hydrogen-bond acceptors (Lipinski definition) is 4. The van der Waals surface area contributed by atoms with Gasteiger partial charge in [-0.2, -0.15) is 0 Å². The third-order valence-electron chi connectivity index (χ3n) is 3.51. The van der Waals surface area contributed by atoms with Crippen molar-refractivity contribution in [1.82, 2.24) is 4.72 Å². The highest BCUT2D eigenvalue weighted by Crippen LogP contribution is 2.28. The second kappa shape index (κ2) is 5.80. The van der Waals surface area contributed by atoms with Crippen molar-refractivity contribution in [3.63, 3.8) is 0 Å². The third kappa shape index (κ3) is 3.10. The Hall–Kier alpha value is -1.60. The number of carbonyl (C=O) groups is 1. The van der Waals surface area contributed by atoms with Crippen LogP contribution in [0.2, 0.25) is 0 Å². The first-order chi connectivity index (χ1) is 9.44. The summed E-state index contributed by atoms with van der Waals surface area (Å²) in [5.41, 5.74) is 0.369. The molecule has 0 unspecified atom stereocenters. The number of amides is 1. The molecule has 7 heteroatoms. The Morgan fingerprint density at radius 2 is 1.95 bits per heavy atom. The van der Waals surface area contributed by atoms with E-state index in [9.17, 15) is 18.3 Å². The largest absolute Gasteiger partial charge is 0.507 e. The van der Waals surface area contributed by atoms with Gasteiger partial charge < -0.3 is 10.4 Å². The van der Waals surface area contributed by atoms with Gasteiger partial charge in [-0.25, -0.2) is 13.1 Å². The number of sulfonamides is 1. The number of benzene rings is 1. The van der Waals surface area contributed by atoms with E-state index >= 15 is 0 Å². The van der Waals surface area contributed by atoms with Crippen molar-refractivity contribution in [2.24, 2.45) is 5.92 Å². The van der Waals surface area contributed by atoms with Gasteiger partial charge in [0.2, 0.25) is 15.9 Å². The van der Waals surface area contributed by atoms with Crippen LogP contribution in [0.4, 0.5) is 5.69 Å². The van der Waals surface area contributed by atoms with Crippen molar-refractivity contribution < 1.29 is 18.3 Å². The first-order valence-corrected chi connectivity index (χ1v) is 8.00. The van der Waals surface area contributed by atoms with Crippen LogP contribution in [0, 0.1) is 5.92 Å². The fourth-order valence-corrected chi connectivity index (χ4v) is 3.19. The molecule has 1 saturated carbocycles. The van der Waals surface area contributed by atoms with E-state index in [0.717, 1.165) is 25.7 Å². The van der Waals surface area contributed by atoms with Crippen LogP contribution in [-0.2, 0) is 14.8 Å². The van der Waals surface area contributed by atoms with Crippen LogP contribution >= 0.6 is 0 Å². The summed E-state index contributed by atoms with van der Waals surface area (Å²) in [6.45, 7) is 0. The molecule has 3 N–H and O–H groups in total. The second-order valence-corrected chi connectivity index (χ2v) is 6.72. The van der Waals surface area contributed by atoms with Gasteiger partial charge in [-0.3, -0.25) is 4.79 Å². The zero-order chi connectivity index (χ0) is 14.8. The molecule has 1 aromatic carbocycles. The van der Waals surface area contributed by atoms with Crippen molar-refractivity contribution in [2.75, 3.05) is 12.4 Å². The summed E-state index contributed by atoms with van der Waals surface area (Å²) in [5.74, 6) is -0.452. The average molecular weight is 298 g/mol. The predicted octanol–water partition coefficient (Wildman–Crippen LogP) is 1.43. The zero-order valence-electron chi connectivity index (χ0n) is 11.2. The lowest BCUT2D eigenvalue weighted by atomic mass is 10.1. The molecule has 6 nitrogen and oxygen atoms in total.